The van der Waals surface area contributed by atoms with Crippen molar-refractivity contribution < 1.29 is 4.39 Å². The Labute approximate surface area is 220 Å². The zero-order valence-corrected chi connectivity index (χ0v) is 22.5. The molecule has 0 fully saturated rings. The number of nitrogens with zero attached hydrogens (tertiary/aromatic N) is 2. The summed E-state index contributed by atoms with van der Waals surface area (Å²) in [6, 6.07) is 14.1. The summed E-state index contributed by atoms with van der Waals surface area (Å²) in [6.07, 6.45) is 14.8. The maximum Gasteiger partial charge on any atom is 0.191 e. The summed E-state index contributed by atoms with van der Waals surface area (Å²) < 4.78 is 15.4. The molecule has 0 amide bonds. The van der Waals surface area contributed by atoms with E-state index in [4.69, 9.17) is 0 Å². The maximum absolute atomic E-state index is 15.4. The standard InChI is InChI=1S/C33H36FN3/c1-7-9-24(5)11-15-28-20-30(16-12-25(28)6)32-31(34)33(37-22-36-32)35-21-26-13-17-27(18-14-26)29(10-8-2)19-23(3)4/h8-20,22H,3,7,21H2,1-2,4-6H3,(H,35,36,37)/b10-8-,15-11-,24-9+,29-19+. The van der Waals surface area contributed by atoms with E-state index in [2.05, 4.69) is 78.2 Å². The van der Waals surface area contributed by atoms with E-state index >= 15 is 4.39 Å². The summed E-state index contributed by atoms with van der Waals surface area (Å²) in [6.45, 7) is 14.6. The smallest absolute Gasteiger partial charge is 0.191 e. The van der Waals surface area contributed by atoms with Crippen LogP contribution in [0, 0.1) is 12.7 Å². The van der Waals surface area contributed by atoms with Gasteiger partial charge in [0, 0.05) is 12.1 Å². The number of nitrogens with one attached hydrogen (secondary N) is 1. The molecule has 0 radical (unpaired) electrons. The Morgan fingerprint density at radius 2 is 1.81 bits per heavy atom. The van der Waals surface area contributed by atoms with Gasteiger partial charge < -0.3 is 5.32 Å². The van der Waals surface area contributed by atoms with Crippen LogP contribution in [0.4, 0.5) is 10.2 Å². The van der Waals surface area contributed by atoms with Crippen LogP contribution in [0.1, 0.15) is 56.4 Å². The normalized spacial score (nSPS) is 12.5. The highest BCUT2D eigenvalue weighted by atomic mass is 19.1. The highest BCUT2D eigenvalue weighted by Crippen LogP contribution is 2.27. The quantitative estimate of drug-likeness (QED) is 0.286. The van der Waals surface area contributed by atoms with Gasteiger partial charge in [0.1, 0.15) is 12.0 Å². The maximum atomic E-state index is 15.4. The van der Waals surface area contributed by atoms with Gasteiger partial charge in [0.25, 0.3) is 0 Å². The van der Waals surface area contributed by atoms with E-state index in [9.17, 15) is 0 Å². The van der Waals surface area contributed by atoms with Gasteiger partial charge in [-0.25, -0.2) is 14.4 Å². The fourth-order valence-electron chi connectivity index (χ4n) is 3.95. The third kappa shape index (κ3) is 7.71. The molecule has 0 spiro atoms. The molecule has 0 saturated heterocycles. The molecule has 0 aliphatic heterocycles. The van der Waals surface area contributed by atoms with Crippen LogP contribution in [-0.4, -0.2) is 9.97 Å². The fourth-order valence-corrected chi connectivity index (χ4v) is 3.95. The molecule has 0 atom stereocenters. The molecular formula is C33H36FN3. The van der Waals surface area contributed by atoms with Crippen molar-refractivity contribution in [1.29, 1.82) is 0 Å². The number of aryl methyl sites for hydroxylation is 1. The zero-order valence-electron chi connectivity index (χ0n) is 22.5. The Kier molecular flexibility index (Phi) is 9.91. The number of hydrogen-bond donors (Lipinski definition) is 1. The lowest BCUT2D eigenvalue weighted by molar-refractivity contribution is 0.621. The molecule has 1 heterocycles. The predicted octanol–water partition coefficient (Wildman–Crippen LogP) is 9.11. The second-order valence-electron chi connectivity index (χ2n) is 9.14. The van der Waals surface area contributed by atoms with E-state index in [-0.39, 0.29) is 11.5 Å². The molecule has 190 valence electrons. The first kappa shape index (κ1) is 27.5. The summed E-state index contributed by atoms with van der Waals surface area (Å²) in [7, 11) is 0. The van der Waals surface area contributed by atoms with Crippen LogP contribution >= 0.6 is 0 Å². The summed E-state index contributed by atoms with van der Waals surface area (Å²) in [4.78, 5) is 8.41. The number of anilines is 1. The lowest BCUT2D eigenvalue weighted by atomic mass is 10.0. The summed E-state index contributed by atoms with van der Waals surface area (Å²) in [5.41, 5.74) is 8.58. The summed E-state index contributed by atoms with van der Waals surface area (Å²) >= 11 is 0. The molecule has 1 N–H and O–H groups in total. The average molecular weight is 494 g/mol. The molecule has 0 unspecified atom stereocenters. The van der Waals surface area contributed by atoms with Crippen molar-refractivity contribution in [3.05, 3.63) is 125 Å². The van der Waals surface area contributed by atoms with E-state index in [1.54, 1.807) is 0 Å². The molecule has 0 bridgehead atoms. The van der Waals surface area contributed by atoms with E-state index in [1.165, 1.54) is 11.9 Å². The first-order valence-corrected chi connectivity index (χ1v) is 12.6. The molecule has 3 rings (SSSR count). The number of halogens is 1. The summed E-state index contributed by atoms with van der Waals surface area (Å²) in [5, 5.41) is 3.14. The highest BCUT2D eigenvalue weighted by molar-refractivity contribution is 5.76. The van der Waals surface area contributed by atoms with Gasteiger partial charge in [0.05, 0.1) is 0 Å². The van der Waals surface area contributed by atoms with Gasteiger partial charge in [-0.1, -0.05) is 97.5 Å². The van der Waals surface area contributed by atoms with Crippen LogP contribution in [0.25, 0.3) is 22.9 Å². The van der Waals surface area contributed by atoms with Crippen LogP contribution < -0.4 is 5.32 Å². The minimum absolute atomic E-state index is 0.185. The highest BCUT2D eigenvalue weighted by Gasteiger charge is 2.14. The monoisotopic (exact) mass is 493 g/mol. The molecule has 0 aliphatic rings. The third-order valence-corrected chi connectivity index (χ3v) is 5.89. The van der Waals surface area contributed by atoms with Gasteiger partial charge in [-0.2, -0.15) is 0 Å². The van der Waals surface area contributed by atoms with Gasteiger partial charge in [-0.3, -0.25) is 0 Å². The molecular weight excluding hydrogens is 457 g/mol. The Morgan fingerprint density at radius 1 is 1.05 bits per heavy atom. The van der Waals surface area contributed by atoms with E-state index < -0.39 is 5.82 Å². The second kappa shape index (κ2) is 13.3. The van der Waals surface area contributed by atoms with Crippen molar-refractivity contribution in [2.45, 2.75) is 47.6 Å². The van der Waals surface area contributed by atoms with Gasteiger partial charge in [-0.05, 0) is 68.0 Å². The lowest BCUT2D eigenvalue weighted by Gasteiger charge is -2.11. The number of benzene rings is 2. The van der Waals surface area contributed by atoms with Crippen LogP contribution in [0.2, 0.25) is 0 Å². The molecule has 3 nitrogen and oxygen atoms in total. The van der Waals surface area contributed by atoms with E-state index in [0.29, 0.717) is 6.54 Å². The second-order valence-corrected chi connectivity index (χ2v) is 9.14. The molecule has 0 saturated carbocycles. The largest absolute Gasteiger partial charge is 0.363 e. The molecule has 37 heavy (non-hydrogen) atoms. The topological polar surface area (TPSA) is 37.8 Å². The number of aromatic nitrogens is 2. The Bertz CT molecular complexity index is 1360. The van der Waals surface area contributed by atoms with Gasteiger partial charge in [-0.15, -0.1) is 0 Å². The van der Waals surface area contributed by atoms with Gasteiger partial charge in [0.15, 0.2) is 11.6 Å². The zero-order chi connectivity index (χ0) is 26.8. The van der Waals surface area contributed by atoms with Crippen molar-refractivity contribution in [2.75, 3.05) is 5.32 Å². The van der Waals surface area contributed by atoms with Gasteiger partial charge in [0.2, 0.25) is 0 Å². The molecule has 3 aromatic rings. The molecule has 2 aromatic carbocycles. The number of hydrogen-bond acceptors (Lipinski definition) is 3. The first-order valence-electron chi connectivity index (χ1n) is 12.6. The van der Waals surface area contributed by atoms with Gasteiger partial charge >= 0.3 is 0 Å². The molecule has 4 heteroatoms. The molecule has 1 aromatic heterocycles. The van der Waals surface area contributed by atoms with Crippen LogP contribution in [0.3, 0.4) is 0 Å². The first-order chi connectivity index (χ1) is 17.8. The van der Waals surface area contributed by atoms with E-state index in [1.807, 2.05) is 57.2 Å². The summed E-state index contributed by atoms with van der Waals surface area (Å²) in [5.74, 6) is -0.273. The van der Waals surface area contributed by atoms with Crippen molar-refractivity contribution in [3.8, 4) is 11.3 Å². The Hall–Kier alpha value is -4.05. The predicted molar refractivity (Wildman–Crippen MR) is 157 cm³/mol. The number of rotatable bonds is 10. The Morgan fingerprint density at radius 3 is 2.49 bits per heavy atom. The minimum Gasteiger partial charge on any atom is -0.363 e. The van der Waals surface area contributed by atoms with Crippen LogP contribution in [0.5, 0.6) is 0 Å². The average Bonchev–Trinajstić information content (AvgIpc) is 2.88. The third-order valence-electron chi connectivity index (χ3n) is 5.89. The van der Waals surface area contributed by atoms with Crippen LogP contribution in [-0.2, 0) is 6.54 Å². The van der Waals surface area contributed by atoms with Crippen LogP contribution in [0.15, 0.2) is 96.9 Å². The van der Waals surface area contributed by atoms with Crippen molar-refractivity contribution in [2.24, 2.45) is 0 Å². The number of allylic oxidation sites excluding steroid dienone is 8. The lowest BCUT2D eigenvalue weighted by Crippen LogP contribution is -2.06. The van der Waals surface area contributed by atoms with Crippen molar-refractivity contribution in [1.82, 2.24) is 9.97 Å². The van der Waals surface area contributed by atoms with Crippen molar-refractivity contribution >= 4 is 17.5 Å². The fraction of sp³-hybridized carbons (Fsp3) is 0.212. The SMILES string of the molecule is C=C(C)/C=C(\C=C/C)c1ccc(CNc2ncnc(-c3ccc(C)c(/C=C\C(C)=C\CC)c3)c2F)cc1. The molecule has 0 aliphatic carbocycles. The Balaban J connectivity index is 1.79. The minimum atomic E-state index is -0.459. The van der Waals surface area contributed by atoms with E-state index in [0.717, 1.165) is 45.4 Å². The van der Waals surface area contributed by atoms with Crippen molar-refractivity contribution in [3.63, 3.8) is 0 Å².